The molecule has 2 aromatic rings. The third-order valence-electron chi connectivity index (χ3n) is 2.25. The van der Waals surface area contributed by atoms with E-state index in [1.807, 2.05) is 6.92 Å². The topological polar surface area (TPSA) is 97.2 Å². The SMILES string of the molecule is CCCOc1ccnc(NCc2nc(C(=O)O)cs2)n1. The van der Waals surface area contributed by atoms with E-state index in [1.54, 1.807) is 12.3 Å². The lowest BCUT2D eigenvalue weighted by Gasteiger charge is -2.05. The number of hydrogen-bond acceptors (Lipinski definition) is 7. The number of carbonyl (C=O) groups is 1. The number of carboxylic acids is 1. The molecule has 20 heavy (non-hydrogen) atoms. The molecule has 106 valence electrons. The molecule has 0 saturated carbocycles. The number of aromatic nitrogens is 3. The normalized spacial score (nSPS) is 10.2. The van der Waals surface area contributed by atoms with E-state index < -0.39 is 5.97 Å². The maximum Gasteiger partial charge on any atom is 0.355 e. The number of anilines is 1. The molecule has 2 N–H and O–H groups in total. The van der Waals surface area contributed by atoms with Gasteiger partial charge in [-0.25, -0.2) is 14.8 Å². The Morgan fingerprint density at radius 2 is 2.35 bits per heavy atom. The molecule has 0 spiro atoms. The smallest absolute Gasteiger partial charge is 0.355 e. The van der Waals surface area contributed by atoms with Crippen LogP contribution in [0.25, 0.3) is 0 Å². The summed E-state index contributed by atoms with van der Waals surface area (Å²) in [6, 6.07) is 1.69. The van der Waals surface area contributed by atoms with E-state index in [0.29, 0.717) is 30.0 Å². The molecule has 2 aromatic heterocycles. The molecular weight excluding hydrogens is 280 g/mol. The number of nitrogens with zero attached hydrogens (tertiary/aromatic N) is 3. The van der Waals surface area contributed by atoms with Crippen molar-refractivity contribution in [3.63, 3.8) is 0 Å². The molecule has 0 aliphatic rings. The van der Waals surface area contributed by atoms with Gasteiger partial charge in [0.25, 0.3) is 0 Å². The first-order valence-corrected chi connectivity index (χ1v) is 6.94. The first-order chi connectivity index (χ1) is 9.69. The average molecular weight is 294 g/mol. The fourth-order valence-electron chi connectivity index (χ4n) is 1.36. The minimum atomic E-state index is -1.03. The number of nitrogens with one attached hydrogen (secondary N) is 1. The van der Waals surface area contributed by atoms with Crippen molar-refractivity contribution in [2.24, 2.45) is 0 Å². The van der Waals surface area contributed by atoms with Crippen LogP contribution in [0.15, 0.2) is 17.6 Å². The number of ether oxygens (including phenoxy) is 1. The zero-order valence-electron chi connectivity index (χ0n) is 10.9. The molecule has 0 saturated heterocycles. The highest BCUT2D eigenvalue weighted by molar-refractivity contribution is 7.09. The van der Waals surface area contributed by atoms with Crippen LogP contribution >= 0.6 is 11.3 Å². The highest BCUT2D eigenvalue weighted by atomic mass is 32.1. The van der Waals surface area contributed by atoms with Crippen molar-refractivity contribution >= 4 is 23.3 Å². The van der Waals surface area contributed by atoms with Gasteiger partial charge >= 0.3 is 5.97 Å². The third-order valence-corrected chi connectivity index (χ3v) is 3.10. The molecule has 0 fully saturated rings. The summed E-state index contributed by atoms with van der Waals surface area (Å²) < 4.78 is 5.40. The van der Waals surface area contributed by atoms with E-state index in [-0.39, 0.29) is 5.69 Å². The molecule has 0 atom stereocenters. The Kier molecular flexibility index (Phi) is 4.83. The number of thiazole rings is 1. The van der Waals surface area contributed by atoms with Crippen LogP contribution in [0.2, 0.25) is 0 Å². The minimum absolute atomic E-state index is 0.0488. The Hall–Kier alpha value is -2.22. The van der Waals surface area contributed by atoms with Crippen LogP contribution in [-0.4, -0.2) is 32.6 Å². The van der Waals surface area contributed by atoms with Gasteiger partial charge in [0.2, 0.25) is 11.8 Å². The molecular formula is C12H14N4O3S. The first-order valence-electron chi connectivity index (χ1n) is 6.06. The van der Waals surface area contributed by atoms with Crippen molar-refractivity contribution in [2.45, 2.75) is 19.9 Å². The van der Waals surface area contributed by atoms with Gasteiger partial charge in [-0.15, -0.1) is 11.3 Å². The second kappa shape index (κ2) is 6.80. The highest BCUT2D eigenvalue weighted by Gasteiger charge is 2.08. The Balaban J connectivity index is 1.94. The molecule has 0 amide bonds. The van der Waals surface area contributed by atoms with Crippen LogP contribution in [-0.2, 0) is 6.54 Å². The van der Waals surface area contributed by atoms with Gasteiger partial charge < -0.3 is 15.2 Å². The molecule has 0 aliphatic carbocycles. The number of rotatable bonds is 7. The van der Waals surface area contributed by atoms with Gasteiger partial charge in [0.05, 0.1) is 13.2 Å². The van der Waals surface area contributed by atoms with Crippen molar-refractivity contribution < 1.29 is 14.6 Å². The van der Waals surface area contributed by atoms with Crippen LogP contribution in [0.5, 0.6) is 5.88 Å². The summed E-state index contributed by atoms with van der Waals surface area (Å²) >= 11 is 1.27. The lowest BCUT2D eigenvalue weighted by atomic mass is 10.5. The van der Waals surface area contributed by atoms with Crippen LogP contribution in [0.3, 0.4) is 0 Å². The molecule has 8 heteroatoms. The monoisotopic (exact) mass is 294 g/mol. The van der Waals surface area contributed by atoms with E-state index in [1.165, 1.54) is 16.7 Å². The molecule has 7 nitrogen and oxygen atoms in total. The van der Waals surface area contributed by atoms with Gasteiger partial charge in [-0.2, -0.15) is 4.98 Å². The lowest BCUT2D eigenvalue weighted by molar-refractivity contribution is 0.0691. The van der Waals surface area contributed by atoms with Crippen LogP contribution in [0, 0.1) is 0 Å². The fourth-order valence-corrected chi connectivity index (χ4v) is 2.07. The van der Waals surface area contributed by atoms with E-state index in [9.17, 15) is 4.79 Å². The second-order valence-electron chi connectivity index (χ2n) is 3.85. The number of hydrogen-bond donors (Lipinski definition) is 2. The number of aromatic carboxylic acids is 1. The molecule has 2 heterocycles. The van der Waals surface area contributed by atoms with Crippen LogP contribution < -0.4 is 10.1 Å². The highest BCUT2D eigenvalue weighted by Crippen LogP contribution is 2.13. The molecule has 0 bridgehead atoms. The average Bonchev–Trinajstić information content (AvgIpc) is 2.92. The van der Waals surface area contributed by atoms with Crippen LogP contribution in [0.1, 0.15) is 28.8 Å². The van der Waals surface area contributed by atoms with E-state index >= 15 is 0 Å². The van der Waals surface area contributed by atoms with Gasteiger partial charge in [-0.3, -0.25) is 0 Å². The first kappa shape index (κ1) is 14.2. The van der Waals surface area contributed by atoms with Gasteiger partial charge in [-0.05, 0) is 6.42 Å². The Morgan fingerprint density at radius 1 is 1.50 bits per heavy atom. The van der Waals surface area contributed by atoms with Gasteiger partial charge in [0, 0.05) is 17.6 Å². The summed E-state index contributed by atoms with van der Waals surface area (Å²) in [5.41, 5.74) is 0.0488. The van der Waals surface area contributed by atoms with Crippen LogP contribution in [0.4, 0.5) is 5.95 Å². The maximum atomic E-state index is 10.7. The van der Waals surface area contributed by atoms with Crippen molar-refractivity contribution in [1.82, 2.24) is 15.0 Å². The summed E-state index contributed by atoms with van der Waals surface area (Å²) in [7, 11) is 0. The Morgan fingerprint density at radius 3 is 3.05 bits per heavy atom. The van der Waals surface area contributed by atoms with Crippen molar-refractivity contribution in [2.75, 3.05) is 11.9 Å². The van der Waals surface area contributed by atoms with Crippen molar-refractivity contribution in [3.8, 4) is 5.88 Å². The fraction of sp³-hybridized carbons (Fsp3) is 0.333. The molecule has 2 rings (SSSR count). The summed E-state index contributed by atoms with van der Waals surface area (Å²) in [5, 5.41) is 13.9. The Bertz CT molecular complexity index is 588. The second-order valence-corrected chi connectivity index (χ2v) is 4.79. The molecule has 0 aromatic carbocycles. The minimum Gasteiger partial charge on any atom is -0.478 e. The largest absolute Gasteiger partial charge is 0.478 e. The van der Waals surface area contributed by atoms with E-state index in [2.05, 4.69) is 20.3 Å². The van der Waals surface area contributed by atoms with Crippen molar-refractivity contribution in [1.29, 1.82) is 0 Å². The summed E-state index contributed by atoms with van der Waals surface area (Å²) in [4.78, 5) is 22.9. The van der Waals surface area contributed by atoms with E-state index in [4.69, 9.17) is 9.84 Å². The summed E-state index contributed by atoms with van der Waals surface area (Å²) in [5.74, 6) is -0.0981. The standard InChI is InChI=1S/C12H14N4O3S/c1-2-5-19-9-3-4-13-12(16-9)14-6-10-15-8(7-20-10)11(17)18/h3-4,7H,2,5-6H2,1H3,(H,17,18)(H,13,14,16). The van der Waals surface area contributed by atoms with Gasteiger partial charge in [0.1, 0.15) is 5.01 Å². The number of carboxylic acid groups (broad SMARTS) is 1. The predicted octanol–water partition coefficient (Wildman–Crippen LogP) is 2.03. The Labute approximate surface area is 119 Å². The van der Waals surface area contributed by atoms with Gasteiger partial charge in [-0.1, -0.05) is 6.92 Å². The van der Waals surface area contributed by atoms with E-state index in [0.717, 1.165) is 6.42 Å². The summed E-state index contributed by atoms with van der Waals surface area (Å²) in [6.45, 7) is 2.99. The van der Waals surface area contributed by atoms with Crippen molar-refractivity contribution in [3.05, 3.63) is 28.3 Å². The lowest BCUT2D eigenvalue weighted by Crippen LogP contribution is -2.05. The zero-order valence-corrected chi connectivity index (χ0v) is 11.7. The molecule has 0 aliphatic heterocycles. The molecule has 0 unspecified atom stereocenters. The molecule has 0 radical (unpaired) electrons. The van der Waals surface area contributed by atoms with Gasteiger partial charge in [0.15, 0.2) is 5.69 Å². The zero-order chi connectivity index (χ0) is 14.4. The maximum absolute atomic E-state index is 10.7. The predicted molar refractivity (Wildman–Crippen MR) is 74.2 cm³/mol. The third kappa shape index (κ3) is 3.89. The summed E-state index contributed by atoms with van der Waals surface area (Å²) in [6.07, 6.45) is 2.51. The quantitative estimate of drug-likeness (QED) is 0.806.